The Morgan fingerprint density at radius 1 is 1.18 bits per heavy atom. The minimum absolute atomic E-state index is 0.128. The van der Waals surface area contributed by atoms with Crippen LogP contribution < -0.4 is 0 Å². The van der Waals surface area contributed by atoms with Gasteiger partial charge in [-0.1, -0.05) is 44.2 Å². The maximum Gasteiger partial charge on any atom is 0.244 e. The zero-order valence-electron chi connectivity index (χ0n) is 13.1. The SMILES string of the molecule is CC1CC(C)CN(C(=O)Cn2cnc(-c3ccccc3)n2)C1. The van der Waals surface area contributed by atoms with E-state index in [2.05, 4.69) is 23.9 Å². The molecule has 0 bridgehead atoms. The third-order valence-corrected chi connectivity index (χ3v) is 4.09. The van der Waals surface area contributed by atoms with Gasteiger partial charge in [0.15, 0.2) is 5.82 Å². The Morgan fingerprint density at radius 2 is 1.86 bits per heavy atom. The largest absolute Gasteiger partial charge is 0.341 e. The Kier molecular flexibility index (Phi) is 4.22. The molecule has 3 rings (SSSR count). The Bertz CT molecular complexity index is 627. The summed E-state index contributed by atoms with van der Waals surface area (Å²) in [5, 5.41) is 4.41. The van der Waals surface area contributed by atoms with E-state index in [1.165, 1.54) is 6.42 Å². The molecule has 22 heavy (non-hydrogen) atoms. The second kappa shape index (κ2) is 6.30. The third-order valence-electron chi connectivity index (χ3n) is 4.09. The first-order valence-corrected chi connectivity index (χ1v) is 7.84. The van der Waals surface area contributed by atoms with Gasteiger partial charge in [0.2, 0.25) is 5.91 Å². The molecule has 116 valence electrons. The lowest BCUT2D eigenvalue weighted by Gasteiger charge is -2.34. The number of hydrogen-bond donors (Lipinski definition) is 0. The van der Waals surface area contributed by atoms with Gasteiger partial charge >= 0.3 is 0 Å². The summed E-state index contributed by atoms with van der Waals surface area (Å²) < 4.78 is 1.63. The molecule has 0 saturated carbocycles. The Morgan fingerprint density at radius 3 is 2.55 bits per heavy atom. The molecule has 2 aromatic rings. The fourth-order valence-electron chi connectivity index (χ4n) is 3.20. The average molecular weight is 298 g/mol. The average Bonchev–Trinajstić information content (AvgIpc) is 2.95. The monoisotopic (exact) mass is 298 g/mol. The summed E-state index contributed by atoms with van der Waals surface area (Å²) in [6.45, 7) is 6.38. The number of rotatable bonds is 3. The number of aromatic nitrogens is 3. The van der Waals surface area contributed by atoms with Crippen molar-refractivity contribution in [3.8, 4) is 11.4 Å². The minimum Gasteiger partial charge on any atom is -0.341 e. The summed E-state index contributed by atoms with van der Waals surface area (Å²) in [6, 6.07) is 9.81. The van der Waals surface area contributed by atoms with Gasteiger partial charge in [-0.15, -0.1) is 0 Å². The maximum absolute atomic E-state index is 12.4. The molecule has 1 amide bonds. The summed E-state index contributed by atoms with van der Waals surface area (Å²) in [6.07, 6.45) is 2.84. The Balaban J connectivity index is 1.66. The van der Waals surface area contributed by atoms with Crippen LogP contribution in [0.15, 0.2) is 36.7 Å². The van der Waals surface area contributed by atoms with Crippen LogP contribution in [0.3, 0.4) is 0 Å². The first-order chi connectivity index (χ1) is 10.6. The van der Waals surface area contributed by atoms with E-state index in [9.17, 15) is 4.79 Å². The quantitative estimate of drug-likeness (QED) is 0.874. The summed E-state index contributed by atoms with van der Waals surface area (Å²) >= 11 is 0. The summed E-state index contributed by atoms with van der Waals surface area (Å²) in [5.74, 6) is 1.93. The van der Waals surface area contributed by atoms with Crippen LogP contribution >= 0.6 is 0 Å². The normalized spacial score (nSPS) is 21.8. The van der Waals surface area contributed by atoms with Gasteiger partial charge < -0.3 is 4.90 Å². The fourth-order valence-corrected chi connectivity index (χ4v) is 3.20. The molecule has 0 aliphatic carbocycles. The van der Waals surface area contributed by atoms with Crippen molar-refractivity contribution in [3.05, 3.63) is 36.7 Å². The molecule has 2 atom stereocenters. The van der Waals surface area contributed by atoms with Crippen LogP contribution in [0, 0.1) is 11.8 Å². The zero-order valence-corrected chi connectivity index (χ0v) is 13.1. The number of nitrogens with zero attached hydrogens (tertiary/aromatic N) is 4. The van der Waals surface area contributed by atoms with Gasteiger partial charge in [0.1, 0.15) is 12.9 Å². The maximum atomic E-state index is 12.4. The van der Waals surface area contributed by atoms with E-state index in [4.69, 9.17) is 0 Å². The molecular formula is C17H22N4O. The van der Waals surface area contributed by atoms with Gasteiger partial charge in [-0.05, 0) is 18.3 Å². The number of benzene rings is 1. The zero-order chi connectivity index (χ0) is 15.5. The Hall–Kier alpha value is -2.17. The standard InChI is InChI=1S/C17H22N4O/c1-13-8-14(2)10-20(9-13)16(22)11-21-12-18-17(19-21)15-6-4-3-5-7-15/h3-7,12-14H,8-11H2,1-2H3. The molecule has 0 spiro atoms. The second-order valence-electron chi connectivity index (χ2n) is 6.38. The van der Waals surface area contributed by atoms with Gasteiger partial charge in [0.05, 0.1) is 0 Å². The van der Waals surface area contributed by atoms with Crippen molar-refractivity contribution in [2.24, 2.45) is 11.8 Å². The van der Waals surface area contributed by atoms with Crippen LogP contribution in [0.4, 0.5) is 0 Å². The fraction of sp³-hybridized carbons (Fsp3) is 0.471. The van der Waals surface area contributed by atoms with Gasteiger partial charge in [-0.2, -0.15) is 5.10 Å². The van der Waals surface area contributed by atoms with E-state index in [-0.39, 0.29) is 12.5 Å². The van der Waals surface area contributed by atoms with Crippen LogP contribution in [0.2, 0.25) is 0 Å². The number of hydrogen-bond acceptors (Lipinski definition) is 3. The molecule has 0 N–H and O–H groups in total. The predicted octanol–water partition coefficient (Wildman–Crippen LogP) is 2.45. The summed E-state index contributed by atoms with van der Waals surface area (Å²) in [4.78, 5) is 18.7. The first kappa shape index (κ1) is 14.8. The molecule has 1 fully saturated rings. The van der Waals surface area contributed by atoms with Crippen molar-refractivity contribution in [3.63, 3.8) is 0 Å². The molecular weight excluding hydrogens is 276 g/mol. The van der Waals surface area contributed by atoms with Crippen molar-refractivity contribution >= 4 is 5.91 Å². The minimum atomic E-state index is 0.128. The third kappa shape index (κ3) is 3.35. The van der Waals surface area contributed by atoms with Gasteiger partial charge in [-0.3, -0.25) is 4.79 Å². The summed E-state index contributed by atoms with van der Waals surface area (Å²) in [7, 11) is 0. The predicted molar refractivity (Wildman–Crippen MR) is 85.0 cm³/mol. The van der Waals surface area contributed by atoms with Crippen LogP contribution in [-0.4, -0.2) is 38.7 Å². The molecule has 1 aromatic carbocycles. The number of piperidine rings is 1. The van der Waals surface area contributed by atoms with Gasteiger partial charge in [0.25, 0.3) is 0 Å². The highest BCUT2D eigenvalue weighted by Gasteiger charge is 2.25. The lowest BCUT2D eigenvalue weighted by Crippen LogP contribution is -2.44. The molecule has 2 heterocycles. The Labute approximate surface area is 131 Å². The topological polar surface area (TPSA) is 51.0 Å². The lowest BCUT2D eigenvalue weighted by molar-refractivity contribution is -0.134. The molecule has 5 nitrogen and oxygen atoms in total. The van der Waals surface area contributed by atoms with E-state index in [0.29, 0.717) is 17.7 Å². The van der Waals surface area contributed by atoms with E-state index in [0.717, 1.165) is 18.7 Å². The van der Waals surface area contributed by atoms with E-state index >= 15 is 0 Å². The van der Waals surface area contributed by atoms with Crippen LogP contribution in [0.1, 0.15) is 20.3 Å². The highest BCUT2D eigenvalue weighted by atomic mass is 16.2. The molecule has 1 aliphatic rings. The van der Waals surface area contributed by atoms with E-state index in [1.54, 1.807) is 11.0 Å². The number of likely N-dealkylation sites (tertiary alicyclic amines) is 1. The van der Waals surface area contributed by atoms with E-state index < -0.39 is 0 Å². The number of carbonyl (C=O) groups is 1. The number of carbonyl (C=O) groups excluding carboxylic acids is 1. The van der Waals surface area contributed by atoms with Gasteiger partial charge in [0, 0.05) is 18.7 Å². The molecule has 5 heteroatoms. The summed E-state index contributed by atoms with van der Waals surface area (Å²) in [5.41, 5.74) is 0.967. The smallest absolute Gasteiger partial charge is 0.244 e. The highest BCUT2D eigenvalue weighted by molar-refractivity contribution is 5.76. The van der Waals surface area contributed by atoms with Crippen molar-refractivity contribution in [1.29, 1.82) is 0 Å². The van der Waals surface area contributed by atoms with Crippen LogP contribution in [0.5, 0.6) is 0 Å². The molecule has 0 radical (unpaired) electrons. The molecule has 1 saturated heterocycles. The van der Waals surface area contributed by atoms with Gasteiger partial charge in [-0.25, -0.2) is 9.67 Å². The van der Waals surface area contributed by atoms with Crippen molar-refractivity contribution < 1.29 is 4.79 Å². The lowest BCUT2D eigenvalue weighted by atomic mass is 9.92. The van der Waals surface area contributed by atoms with Crippen LogP contribution in [-0.2, 0) is 11.3 Å². The second-order valence-corrected chi connectivity index (χ2v) is 6.38. The number of amides is 1. The molecule has 2 unspecified atom stereocenters. The van der Waals surface area contributed by atoms with Crippen molar-refractivity contribution in [1.82, 2.24) is 19.7 Å². The molecule has 1 aromatic heterocycles. The van der Waals surface area contributed by atoms with Crippen molar-refractivity contribution in [2.45, 2.75) is 26.8 Å². The first-order valence-electron chi connectivity index (χ1n) is 7.84. The van der Waals surface area contributed by atoms with Crippen molar-refractivity contribution in [2.75, 3.05) is 13.1 Å². The van der Waals surface area contributed by atoms with E-state index in [1.807, 2.05) is 35.2 Å². The van der Waals surface area contributed by atoms with Crippen LogP contribution in [0.25, 0.3) is 11.4 Å². The highest BCUT2D eigenvalue weighted by Crippen LogP contribution is 2.21. The molecule has 1 aliphatic heterocycles.